The number of nitrogens with one attached hydrogen (secondary N) is 2. The summed E-state index contributed by atoms with van der Waals surface area (Å²) in [5, 5.41) is 16.9. The molecule has 2 rings (SSSR count). The van der Waals surface area contributed by atoms with Gasteiger partial charge in [0.15, 0.2) is 17.5 Å². The van der Waals surface area contributed by atoms with Crippen LogP contribution in [0.3, 0.4) is 0 Å². The summed E-state index contributed by atoms with van der Waals surface area (Å²) in [4.78, 5) is 4.33. The zero-order chi connectivity index (χ0) is 18.4. The lowest BCUT2D eigenvalue weighted by molar-refractivity contribution is 0.255. The van der Waals surface area contributed by atoms with E-state index in [1.165, 1.54) is 33.5 Å². The molecule has 0 bridgehead atoms. The van der Waals surface area contributed by atoms with Crippen molar-refractivity contribution in [1.29, 1.82) is 0 Å². The molecule has 1 aliphatic rings. The normalized spacial score (nSPS) is 23.9. The summed E-state index contributed by atoms with van der Waals surface area (Å²) >= 11 is 0. The predicted octanol–water partition coefficient (Wildman–Crippen LogP) is 2.90. The van der Waals surface area contributed by atoms with Gasteiger partial charge in [-0.05, 0) is 48.8 Å². The Balaban J connectivity index is 1.99. The van der Waals surface area contributed by atoms with Crippen molar-refractivity contribution in [3.63, 3.8) is 0 Å². The highest BCUT2D eigenvalue weighted by Gasteiger charge is 2.24. The van der Waals surface area contributed by atoms with Gasteiger partial charge in [0.1, 0.15) is 0 Å². The van der Waals surface area contributed by atoms with Crippen LogP contribution in [0.1, 0.15) is 38.7 Å². The quantitative estimate of drug-likeness (QED) is 0.563. The number of hydrogen-bond acceptors (Lipinski definition) is 4. The van der Waals surface area contributed by atoms with E-state index in [4.69, 9.17) is 9.47 Å². The van der Waals surface area contributed by atoms with Gasteiger partial charge in [0.2, 0.25) is 5.75 Å². The summed E-state index contributed by atoms with van der Waals surface area (Å²) in [6.45, 7) is 5.19. The second-order valence-corrected chi connectivity index (χ2v) is 7.03. The molecule has 0 aromatic heterocycles. The van der Waals surface area contributed by atoms with Crippen LogP contribution in [-0.2, 0) is 6.54 Å². The van der Waals surface area contributed by atoms with Crippen LogP contribution in [0, 0.1) is 11.8 Å². The monoisotopic (exact) mass is 349 g/mol. The number of phenolic OH excluding ortho intramolecular Hbond substituents is 1. The van der Waals surface area contributed by atoms with Crippen molar-refractivity contribution in [3.8, 4) is 17.2 Å². The Hall–Kier alpha value is -2.11. The number of rotatable bonds is 5. The summed E-state index contributed by atoms with van der Waals surface area (Å²) in [5.74, 6) is 3.08. The lowest BCUT2D eigenvalue weighted by Gasteiger charge is -2.32. The molecule has 1 aromatic rings. The van der Waals surface area contributed by atoms with Gasteiger partial charge < -0.3 is 25.2 Å². The van der Waals surface area contributed by atoms with Gasteiger partial charge >= 0.3 is 0 Å². The third-order valence-electron chi connectivity index (χ3n) is 4.74. The van der Waals surface area contributed by atoms with E-state index in [9.17, 15) is 5.11 Å². The minimum atomic E-state index is 0.0152. The molecule has 6 heteroatoms. The molecule has 1 fully saturated rings. The van der Waals surface area contributed by atoms with Crippen LogP contribution in [0.4, 0.5) is 0 Å². The molecule has 140 valence electrons. The van der Waals surface area contributed by atoms with Crippen LogP contribution in [0.25, 0.3) is 0 Å². The Morgan fingerprint density at radius 2 is 1.68 bits per heavy atom. The highest BCUT2D eigenvalue weighted by atomic mass is 16.5. The first kappa shape index (κ1) is 19.2. The number of hydrogen-bond donors (Lipinski definition) is 3. The summed E-state index contributed by atoms with van der Waals surface area (Å²) in [6, 6.07) is 4.04. The number of phenols is 1. The number of ether oxygens (including phenoxy) is 2. The average Bonchev–Trinajstić information content (AvgIpc) is 2.58. The summed E-state index contributed by atoms with van der Waals surface area (Å²) in [7, 11) is 4.83. The van der Waals surface area contributed by atoms with Crippen LogP contribution < -0.4 is 20.1 Å². The molecular formula is C19H31N3O3. The van der Waals surface area contributed by atoms with Crippen molar-refractivity contribution in [1.82, 2.24) is 10.6 Å². The molecule has 0 radical (unpaired) electrons. The topological polar surface area (TPSA) is 75.1 Å². The lowest BCUT2D eigenvalue weighted by Crippen LogP contribution is -2.45. The maximum atomic E-state index is 10.00. The molecule has 2 unspecified atom stereocenters. The number of aromatic hydroxyl groups is 1. The number of nitrogens with zero attached hydrogens (tertiary/aromatic N) is 1. The minimum absolute atomic E-state index is 0.0152. The summed E-state index contributed by atoms with van der Waals surface area (Å²) < 4.78 is 10.4. The van der Waals surface area contributed by atoms with Crippen molar-refractivity contribution in [3.05, 3.63) is 17.7 Å². The van der Waals surface area contributed by atoms with E-state index in [0.29, 0.717) is 24.1 Å². The summed E-state index contributed by atoms with van der Waals surface area (Å²) in [6.07, 6.45) is 3.65. The Labute approximate surface area is 150 Å². The molecule has 0 saturated heterocycles. The zero-order valence-electron chi connectivity index (χ0n) is 15.9. The van der Waals surface area contributed by atoms with Gasteiger partial charge in [-0.2, -0.15) is 0 Å². The molecule has 6 nitrogen and oxygen atoms in total. The molecule has 2 atom stereocenters. The van der Waals surface area contributed by atoms with E-state index in [0.717, 1.165) is 23.4 Å². The SMILES string of the molecule is CN=C(NCc1cc(OC)c(O)c(OC)c1)NC1CC(C)CC(C)C1. The van der Waals surface area contributed by atoms with Gasteiger partial charge in [-0.1, -0.05) is 13.8 Å². The molecule has 25 heavy (non-hydrogen) atoms. The van der Waals surface area contributed by atoms with E-state index in [-0.39, 0.29) is 5.75 Å². The number of benzene rings is 1. The van der Waals surface area contributed by atoms with E-state index >= 15 is 0 Å². The van der Waals surface area contributed by atoms with Crippen LogP contribution >= 0.6 is 0 Å². The maximum absolute atomic E-state index is 10.00. The molecule has 0 amide bonds. The highest BCUT2D eigenvalue weighted by molar-refractivity contribution is 5.80. The first-order valence-corrected chi connectivity index (χ1v) is 8.87. The Bertz CT molecular complexity index is 569. The molecule has 0 spiro atoms. The van der Waals surface area contributed by atoms with E-state index < -0.39 is 0 Å². The highest BCUT2D eigenvalue weighted by Crippen LogP contribution is 2.37. The van der Waals surface area contributed by atoms with Gasteiger partial charge in [0, 0.05) is 19.6 Å². The van der Waals surface area contributed by atoms with E-state index in [2.05, 4.69) is 29.5 Å². The molecule has 1 saturated carbocycles. The molecule has 1 aliphatic carbocycles. The molecule has 1 aromatic carbocycles. The Kier molecular flexibility index (Phi) is 6.79. The number of guanidine groups is 1. The van der Waals surface area contributed by atoms with Gasteiger partial charge in [0.25, 0.3) is 0 Å². The summed E-state index contributed by atoms with van der Waals surface area (Å²) in [5.41, 5.74) is 0.944. The molecule has 0 aliphatic heterocycles. The van der Waals surface area contributed by atoms with E-state index in [1.54, 1.807) is 19.2 Å². The van der Waals surface area contributed by atoms with Gasteiger partial charge in [0.05, 0.1) is 14.2 Å². The van der Waals surface area contributed by atoms with Crippen LogP contribution in [0.5, 0.6) is 17.2 Å². The lowest BCUT2D eigenvalue weighted by atomic mass is 9.80. The van der Waals surface area contributed by atoms with Crippen LogP contribution in [0.2, 0.25) is 0 Å². The third kappa shape index (κ3) is 5.18. The molecular weight excluding hydrogens is 318 g/mol. The average molecular weight is 349 g/mol. The maximum Gasteiger partial charge on any atom is 0.200 e. The van der Waals surface area contributed by atoms with Gasteiger partial charge in [-0.15, -0.1) is 0 Å². The second kappa shape index (κ2) is 8.83. The van der Waals surface area contributed by atoms with Crippen molar-refractivity contribution < 1.29 is 14.6 Å². The van der Waals surface area contributed by atoms with Gasteiger partial charge in [-0.25, -0.2) is 0 Å². The second-order valence-electron chi connectivity index (χ2n) is 7.03. The van der Waals surface area contributed by atoms with Gasteiger partial charge in [-0.3, -0.25) is 4.99 Å². The number of methoxy groups -OCH3 is 2. The Morgan fingerprint density at radius 3 is 2.16 bits per heavy atom. The fraction of sp³-hybridized carbons (Fsp3) is 0.632. The third-order valence-corrected chi connectivity index (χ3v) is 4.74. The van der Waals surface area contributed by atoms with Crippen LogP contribution in [0.15, 0.2) is 17.1 Å². The largest absolute Gasteiger partial charge is 0.502 e. The standard InChI is InChI=1S/C19H31N3O3/c1-12-6-13(2)8-15(7-12)22-19(20-3)21-11-14-9-16(24-4)18(23)17(10-14)25-5/h9-10,12-13,15,23H,6-8,11H2,1-5H3,(H2,20,21,22). The Morgan fingerprint density at radius 1 is 1.12 bits per heavy atom. The smallest absolute Gasteiger partial charge is 0.200 e. The van der Waals surface area contributed by atoms with Crippen molar-refractivity contribution in [2.45, 2.75) is 45.7 Å². The van der Waals surface area contributed by atoms with E-state index in [1.807, 2.05) is 0 Å². The zero-order valence-corrected chi connectivity index (χ0v) is 15.9. The van der Waals surface area contributed by atoms with Crippen molar-refractivity contribution >= 4 is 5.96 Å². The minimum Gasteiger partial charge on any atom is -0.502 e. The first-order chi connectivity index (χ1) is 12.0. The molecule has 0 heterocycles. The number of aliphatic imine (C=N–C) groups is 1. The first-order valence-electron chi connectivity index (χ1n) is 8.87. The van der Waals surface area contributed by atoms with Crippen LogP contribution in [-0.4, -0.2) is 38.4 Å². The molecule has 3 N–H and O–H groups in total. The fourth-order valence-corrected chi connectivity index (χ4v) is 3.69. The predicted molar refractivity (Wildman–Crippen MR) is 101 cm³/mol. The van der Waals surface area contributed by atoms with Crippen molar-refractivity contribution in [2.75, 3.05) is 21.3 Å². The van der Waals surface area contributed by atoms with Crippen molar-refractivity contribution in [2.24, 2.45) is 16.8 Å². The fourth-order valence-electron chi connectivity index (χ4n) is 3.69.